The molecule has 32 heavy (non-hydrogen) atoms. The predicted octanol–water partition coefficient (Wildman–Crippen LogP) is 3.96. The topological polar surface area (TPSA) is 74.8 Å². The summed E-state index contributed by atoms with van der Waals surface area (Å²) in [5.41, 5.74) is 2.79. The van der Waals surface area contributed by atoms with Gasteiger partial charge in [0.2, 0.25) is 0 Å². The second kappa shape index (κ2) is 11.1. The highest BCUT2D eigenvalue weighted by Crippen LogP contribution is 2.47. The molecule has 2 aromatic rings. The molecule has 0 radical (unpaired) electrons. The molecule has 8 heteroatoms. The molecule has 0 spiro atoms. The summed E-state index contributed by atoms with van der Waals surface area (Å²) >= 11 is 0. The molecule has 0 bridgehead atoms. The van der Waals surface area contributed by atoms with Crippen molar-refractivity contribution in [3.63, 3.8) is 0 Å². The summed E-state index contributed by atoms with van der Waals surface area (Å²) in [5, 5.41) is 9.62. The summed E-state index contributed by atoms with van der Waals surface area (Å²) in [5.74, 6) is 0.404. The third-order valence-electron chi connectivity index (χ3n) is 5.98. The molecule has 1 unspecified atom stereocenters. The molecule has 3 N–H and O–H groups in total. The molecule has 2 aliphatic rings. The number of anilines is 1. The van der Waals surface area contributed by atoms with E-state index in [-0.39, 0.29) is 47.2 Å². The monoisotopic (exact) mass is 552 g/mol. The minimum Gasteiger partial charge on any atom is -0.368 e. The van der Waals surface area contributed by atoms with Crippen molar-refractivity contribution < 1.29 is 13.9 Å². The van der Waals surface area contributed by atoms with Crippen molar-refractivity contribution in [1.82, 2.24) is 10.6 Å². The minimum absolute atomic E-state index is 0. The number of rotatable bonds is 7. The molecule has 4 rings (SSSR count). The SMILES string of the molecule is CN=C(NCc1cccc(NC(=O)C2CCCO2)c1)NCC1(c2cccc(F)c2)CC1.I. The Morgan fingerprint density at radius 2 is 2.00 bits per heavy atom. The van der Waals surface area contributed by atoms with E-state index in [2.05, 4.69) is 20.9 Å². The Morgan fingerprint density at radius 1 is 1.19 bits per heavy atom. The van der Waals surface area contributed by atoms with Crippen LogP contribution in [0, 0.1) is 5.82 Å². The highest BCUT2D eigenvalue weighted by atomic mass is 127. The third kappa shape index (κ3) is 6.19. The highest BCUT2D eigenvalue weighted by molar-refractivity contribution is 14.0. The van der Waals surface area contributed by atoms with Gasteiger partial charge in [-0.3, -0.25) is 9.79 Å². The Balaban J connectivity index is 0.00000289. The Bertz CT molecular complexity index is 959. The summed E-state index contributed by atoms with van der Waals surface area (Å²) < 4.78 is 19.0. The lowest BCUT2D eigenvalue weighted by Crippen LogP contribution is -2.40. The zero-order valence-corrected chi connectivity index (χ0v) is 20.5. The molecule has 2 fully saturated rings. The van der Waals surface area contributed by atoms with E-state index >= 15 is 0 Å². The van der Waals surface area contributed by atoms with Gasteiger partial charge in [-0.15, -0.1) is 24.0 Å². The van der Waals surface area contributed by atoms with Crippen LogP contribution in [0.1, 0.15) is 36.8 Å². The maximum absolute atomic E-state index is 13.6. The number of carbonyl (C=O) groups is 1. The van der Waals surface area contributed by atoms with Gasteiger partial charge in [0.25, 0.3) is 5.91 Å². The summed E-state index contributed by atoms with van der Waals surface area (Å²) in [4.78, 5) is 16.6. The van der Waals surface area contributed by atoms with E-state index in [1.165, 1.54) is 6.07 Å². The summed E-state index contributed by atoms with van der Waals surface area (Å²) in [6, 6.07) is 14.6. The van der Waals surface area contributed by atoms with E-state index in [1.807, 2.05) is 30.3 Å². The number of hydrogen-bond donors (Lipinski definition) is 3. The zero-order valence-electron chi connectivity index (χ0n) is 18.2. The first-order valence-electron chi connectivity index (χ1n) is 10.8. The lowest BCUT2D eigenvalue weighted by atomic mass is 9.96. The molecule has 1 saturated heterocycles. The van der Waals surface area contributed by atoms with E-state index in [0.29, 0.717) is 25.7 Å². The van der Waals surface area contributed by atoms with Gasteiger partial charge in [0.15, 0.2) is 5.96 Å². The predicted molar refractivity (Wildman–Crippen MR) is 135 cm³/mol. The number of ether oxygens (including phenoxy) is 1. The van der Waals surface area contributed by atoms with E-state index in [9.17, 15) is 9.18 Å². The number of aliphatic imine (C=N–C) groups is 1. The van der Waals surface area contributed by atoms with Crippen LogP contribution in [0.2, 0.25) is 0 Å². The molecule has 172 valence electrons. The maximum atomic E-state index is 13.6. The van der Waals surface area contributed by atoms with Gasteiger partial charge < -0.3 is 20.7 Å². The molecule has 6 nitrogen and oxygen atoms in total. The van der Waals surface area contributed by atoms with Gasteiger partial charge in [0.05, 0.1) is 0 Å². The summed E-state index contributed by atoms with van der Waals surface area (Å²) in [6.07, 6.45) is 3.42. The molecule has 1 saturated carbocycles. The number of nitrogens with one attached hydrogen (secondary N) is 3. The van der Waals surface area contributed by atoms with Crippen molar-refractivity contribution in [2.75, 3.05) is 25.5 Å². The molecule has 1 aliphatic heterocycles. The molecule has 1 heterocycles. The quantitative estimate of drug-likeness (QED) is 0.276. The van der Waals surface area contributed by atoms with Gasteiger partial charge in [0, 0.05) is 37.8 Å². The first-order chi connectivity index (χ1) is 15.1. The van der Waals surface area contributed by atoms with Crippen molar-refractivity contribution in [2.24, 2.45) is 4.99 Å². The second-order valence-electron chi connectivity index (χ2n) is 8.26. The molecule has 1 atom stereocenters. The summed E-state index contributed by atoms with van der Waals surface area (Å²) in [7, 11) is 1.73. The minimum atomic E-state index is -0.349. The van der Waals surface area contributed by atoms with Crippen LogP contribution < -0.4 is 16.0 Å². The van der Waals surface area contributed by atoms with Gasteiger partial charge in [-0.25, -0.2) is 4.39 Å². The van der Waals surface area contributed by atoms with Crippen molar-refractivity contribution in [3.05, 3.63) is 65.5 Å². The van der Waals surface area contributed by atoms with E-state index < -0.39 is 0 Å². The van der Waals surface area contributed by atoms with Crippen LogP contribution >= 0.6 is 24.0 Å². The Hall–Kier alpha value is -2.20. The van der Waals surface area contributed by atoms with E-state index in [1.54, 1.807) is 19.2 Å². The number of carbonyl (C=O) groups excluding carboxylic acids is 1. The van der Waals surface area contributed by atoms with Crippen LogP contribution in [0.5, 0.6) is 0 Å². The standard InChI is InChI=1S/C24H29FN4O2.HI/c1-26-23(28-16-24(10-11-24)18-6-3-7-19(25)14-18)27-15-17-5-2-8-20(13-17)29-22(30)21-9-4-12-31-21;/h2-3,5-8,13-14,21H,4,9-12,15-16H2,1H3,(H,29,30)(H2,26,27,28);1H. The molecule has 0 aromatic heterocycles. The van der Waals surface area contributed by atoms with Crippen molar-refractivity contribution >= 4 is 41.5 Å². The van der Waals surface area contributed by atoms with Gasteiger partial charge in [-0.1, -0.05) is 24.3 Å². The van der Waals surface area contributed by atoms with Crippen LogP contribution in [0.15, 0.2) is 53.5 Å². The fourth-order valence-corrected chi connectivity index (χ4v) is 3.96. The second-order valence-corrected chi connectivity index (χ2v) is 8.26. The Morgan fingerprint density at radius 3 is 2.69 bits per heavy atom. The largest absolute Gasteiger partial charge is 0.368 e. The smallest absolute Gasteiger partial charge is 0.253 e. The highest BCUT2D eigenvalue weighted by Gasteiger charge is 2.44. The van der Waals surface area contributed by atoms with Crippen molar-refractivity contribution in [2.45, 2.75) is 43.7 Å². The maximum Gasteiger partial charge on any atom is 0.253 e. The van der Waals surface area contributed by atoms with E-state index in [4.69, 9.17) is 4.74 Å². The Kier molecular flexibility index (Phi) is 8.47. The van der Waals surface area contributed by atoms with Gasteiger partial charge in [-0.2, -0.15) is 0 Å². The number of nitrogens with zero attached hydrogens (tertiary/aromatic N) is 1. The molecular weight excluding hydrogens is 522 g/mol. The third-order valence-corrected chi connectivity index (χ3v) is 5.98. The number of hydrogen-bond acceptors (Lipinski definition) is 3. The Labute approximate surface area is 205 Å². The van der Waals surface area contributed by atoms with Gasteiger partial charge in [0.1, 0.15) is 11.9 Å². The van der Waals surface area contributed by atoms with Crippen LogP contribution in [0.25, 0.3) is 0 Å². The number of halogens is 2. The van der Waals surface area contributed by atoms with Crippen LogP contribution in [-0.4, -0.2) is 38.2 Å². The van der Waals surface area contributed by atoms with Gasteiger partial charge >= 0.3 is 0 Å². The lowest BCUT2D eigenvalue weighted by molar-refractivity contribution is -0.124. The zero-order chi connectivity index (χ0) is 21.7. The average molecular weight is 552 g/mol. The van der Waals surface area contributed by atoms with Crippen molar-refractivity contribution in [3.8, 4) is 0 Å². The van der Waals surface area contributed by atoms with Gasteiger partial charge in [-0.05, 0) is 61.1 Å². The molecule has 1 amide bonds. The number of benzene rings is 2. The van der Waals surface area contributed by atoms with Crippen LogP contribution in [0.3, 0.4) is 0 Å². The number of amides is 1. The molecular formula is C24H30FIN4O2. The summed E-state index contributed by atoms with van der Waals surface area (Å²) in [6.45, 7) is 1.92. The first kappa shape index (κ1) is 24.4. The average Bonchev–Trinajstić information content (AvgIpc) is 3.36. The molecule has 1 aliphatic carbocycles. The van der Waals surface area contributed by atoms with Crippen LogP contribution in [0.4, 0.5) is 10.1 Å². The fourth-order valence-electron chi connectivity index (χ4n) is 3.96. The van der Waals surface area contributed by atoms with Crippen molar-refractivity contribution in [1.29, 1.82) is 0 Å². The lowest BCUT2D eigenvalue weighted by Gasteiger charge is -2.19. The van der Waals surface area contributed by atoms with Crippen LogP contribution in [-0.2, 0) is 21.5 Å². The van der Waals surface area contributed by atoms with E-state index in [0.717, 1.165) is 42.5 Å². The molecule has 2 aromatic carbocycles. The number of guanidine groups is 1. The first-order valence-corrected chi connectivity index (χ1v) is 10.8. The normalized spacial score (nSPS) is 19.1. The fraction of sp³-hybridized carbons (Fsp3) is 0.417.